The fourth-order valence-corrected chi connectivity index (χ4v) is 5.97. The largest absolute Gasteiger partial charge is 0.358 e. The molecule has 0 spiro atoms. The molecule has 0 saturated carbocycles. The number of nitrogens with one attached hydrogen (secondary N) is 1. The number of benzene rings is 2. The maximum Gasteiger partial charge on any atom is 0.245 e. The van der Waals surface area contributed by atoms with Crippen LogP contribution in [-0.4, -0.2) is 31.7 Å². The summed E-state index contributed by atoms with van der Waals surface area (Å²) in [5.41, 5.74) is 1.91. The van der Waals surface area contributed by atoms with Crippen molar-refractivity contribution in [3.63, 3.8) is 0 Å². The van der Waals surface area contributed by atoms with E-state index in [-0.39, 0.29) is 17.3 Å². The van der Waals surface area contributed by atoms with E-state index in [1.807, 2.05) is 24.3 Å². The summed E-state index contributed by atoms with van der Waals surface area (Å²) in [7, 11) is -2.35. The van der Waals surface area contributed by atoms with Gasteiger partial charge in [0.25, 0.3) is 0 Å². The quantitative estimate of drug-likeness (QED) is 0.723. The second kappa shape index (κ2) is 7.19. The van der Waals surface area contributed by atoms with Gasteiger partial charge in [0.15, 0.2) is 0 Å². The molecule has 132 valence electrons. The minimum absolute atomic E-state index is 0.134. The van der Waals surface area contributed by atoms with Crippen LogP contribution in [0.1, 0.15) is 11.1 Å². The predicted octanol–water partition coefficient (Wildman–Crippen LogP) is 3.07. The second-order valence-corrected chi connectivity index (χ2v) is 9.36. The van der Waals surface area contributed by atoms with Gasteiger partial charge in [-0.1, -0.05) is 40.2 Å². The van der Waals surface area contributed by atoms with Crippen LogP contribution in [0, 0.1) is 0 Å². The van der Waals surface area contributed by atoms with Crippen LogP contribution in [-0.2, 0) is 27.8 Å². The average molecular weight is 488 g/mol. The van der Waals surface area contributed by atoms with E-state index in [0.717, 1.165) is 11.1 Å². The fraction of sp³-hybridized carbons (Fsp3) is 0.235. The van der Waals surface area contributed by atoms with Crippen molar-refractivity contribution < 1.29 is 13.2 Å². The number of hydrogen-bond donors (Lipinski definition) is 1. The Labute approximate surface area is 163 Å². The molecule has 0 aromatic heterocycles. The van der Waals surface area contributed by atoms with Gasteiger partial charge in [-0.25, -0.2) is 8.42 Å². The molecular formula is C17H16Br2N2O3S. The molecule has 0 bridgehead atoms. The molecule has 1 unspecified atom stereocenters. The molecule has 8 heteroatoms. The lowest BCUT2D eigenvalue weighted by Gasteiger charge is -2.35. The zero-order valence-corrected chi connectivity index (χ0v) is 17.4. The Morgan fingerprint density at radius 3 is 2.52 bits per heavy atom. The van der Waals surface area contributed by atoms with E-state index in [2.05, 4.69) is 37.2 Å². The molecule has 0 aliphatic carbocycles. The first-order valence-corrected chi connectivity index (χ1v) is 10.6. The Hall–Kier alpha value is -1.22. The minimum atomic E-state index is -3.87. The lowest BCUT2D eigenvalue weighted by molar-refractivity contribution is -0.124. The number of hydrogen-bond acceptors (Lipinski definition) is 3. The first-order valence-electron chi connectivity index (χ1n) is 7.60. The van der Waals surface area contributed by atoms with E-state index < -0.39 is 16.1 Å². The third kappa shape index (κ3) is 3.53. The Morgan fingerprint density at radius 1 is 1.16 bits per heavy atom. The van der Waals surface area contributed by atoms with Gasteiger partial charge < -0.3 is 5.32 Å². The molecule has 1 aliphatic rings. The van der Waals surface area contributed by atoms with E-state index >= 15 is 0 Å². The summed E-state index contributed by atoms with van der Waals surface area (Å²) >= 11 is 6.62. The maximum absolute atomic E-state index is 13.3. The molecule has 3 rings (SSSR count). The third-order valence-corrected chi connectivity index (χ3v) is 7.58. The molecule has 0 fully saturated rings. The first kappa shape index (κ1) is 18.6. The molecule has 1 aliphatic heterocycles. The zero-order chi connectivity index (χ0) is 18.2. The molecule has 2 aromatic carbocycles. The van der Waals surface area contributed by atoms with Gasteiger partial charge in [-0.15, -0.1) is 0 Å². The Morgan fingerprint density at radius 2 is 1.84 bits per heavy atom. The highest BCUT2D eigenvalue weighted by molar-refractivity contribution is 9.11. The van der Waals surface area contributed by atoms with Crippen molar-refractivity contribution >= 4 is 47.8 Å². The SMILES string of the molecule is CNC(=O)C1Cc2ccccc2CN1S(=O)(=O)c1cc(Br)ccc1Br. The van der Waals surface area contributed by atoms with Crippen molar-refractivity contribution in [3.8, 4) is 0 Å². The smallest absolute Gasteiger partial charge is 0.245 e. The summed E-state index contributed by atoms with van der Waals surface area (Å²) in [5.74, 6) is -0.316. The summed E-state index contributed by atoms with van der Waals surface area (Å²) in [6, 6.07) is 11.8. The van der Waals surface area contributed by atoms with Gasteiger partial charge in [-0.2, -0.15) is 4.31 Å². The minimum Gasteiger partial charge on any atom is -0.358 e. The van der Waals surface area contributed by atoms with Crippen LogP contribution in [0.2, 0.25) is 0 Å². The van der Waals surface area contributed by atoms with Crippen molar-refractivity contribution in [1.82, 2.24) is 9.62 Å². The number of halogens is 2. The number of sulfonamides is 1. The molecule has 1 heterocycles. The van der Waals surface area contributed by atoms with Crippen LogP contribution in [0.5, 0.6) is 0 Å². The molecule has 5 nitrogen and oxygen atoms in total. The molecule has 1 atom stereocenters. The molecule has 2 aromatic rings. The summed E-state index contributed by atoms with van der Waals surface area (Å²) in [5, 5.41) is 2.58. The molecule has 0 radical (unpaired) electrons. The average Bonchev–Trinajstić information content (AvgIpc) is 2.61. The van der Waals surface area contributed by atoms with Gasteiger partial charge in [-0.05, 0) is 51.7 Å². The molecular weight excluding hydrogens is 472 g/mol. The maximum atomic E-state index is 13.3. The highest BCUT2D eigenvalue weighted by Gasteiger charge is 2.39. The van der Waals surface area contributed by atoms with Gasteiger partial charge in [-0.3, -0.25) is 4.79 Å². The van der Waals surface area contributed by atoms with Crippen LogP contribution < -0.4 is 5.32 Å². The summed E-state index contributed by atoms with van der Waals surface area (Å²) in [4.78, 5) is 12.5. The highest BCUT2D eigenvalue weighted by Crippen LogP contribution is 2.33. The third-order valence-electron chi connectivity index (χ3n) is 4.23. The molecule has 1 N–H and O–H groups in total. The van der Waals surface area contributed by atoms with Crippen molar-refractivity contribution in [3.05, 3.63) is 62.5 Å². The highest BCUT2D eigenvalue weighted by atomic mass is 79.9. The van der Waals surface area contributed by atoms with Crippen LogP contribution in [0.4, 0.5) is 0 Å². The van der Waals surface area contributed by atoms with Crippen LogP contribution >= 0.6 is 31.9 Å². The van der Waals surface area contributed by atoms with Crippen molar-refractivity contribution in [2.45, 2.75) is 23.9 Å². The number of carbonyl (C=O) groups is 1. The normalized spacial score (nSPS) is 17.8. The topological polar surface area (TPSA) is 66.5 Å². The van der Waals surface area contributed by atoms with E-state index in [9.17, 15) is 13.2 Å². The van der Waals surface area contributed by atoms with E-state index in [4.69, 9.17) is 0 Å². The van der Waals surface area contributed by atoms with E-state index in [0.29, 0.717) is 15.4 Å². The summed E-state index contributed by atoms with van der Waals surface area (Å²) in [6.07, 6.45) is 0.348. The molecule has 0 saturated heterocycles. The van der Waals surface area contributed by atoms with Gasteiger partial charge in [0, 0.05) is 22.5 Å². The van der Waals surface area contributed by atoms with E-state index in [1.54, 1.807) is 18.2 Å². The second-order valence-electron chi connectivity index (χ2n) is 5.73. The van der Waals surface area contributed by atoms with Gasteiger partial charge in [0.1, 0.15) is 6.04 Å². The van der Waals surface area contributed by atoms with Crippen molar-refractivity contribution in [1.29, 1.82) is 0 Å². The van der Waals surface area contributed by atoms with Crippen LogP contribution in [0.15, 0.2) is 56.3 Å². The standard InChI is InChI=1S/C17H16Br2N2O3S/c1-20-17(22)15-8-11-4-2-3-5-12(11)10-21(15)25(23,24)16-9-13(18)6-7-14(16)19/h2-7,9,15H,8,10H2,1H3,(H,20,22). The summed E-state index contributed by atoms with van der Waals surface area (Å²) < 4.78 is 29.0. The lowest BCUT2D eigenvalue weighted by Crippen LogP contribution is -2.51. The number of carbonyl (C=O) groups excluding carboxylic acids is 1. The Bertz CT molecular complexity index is 931. The van der Waals surface area contributed by atoms with Crippen molar-refractivity contribution in [2.75, 3.05) is 7.05 Å². The van der Waals surface area contributed by atoms with Crippen LogP contribution in [0.25, 0.3) is 0 Å². The van der Waals surface area contributed by atoms with Crippen molar-refractivity contribution in [2.24, 2.45) is 0 Å². The Kier molecular flexibility index (Phi) is 5.34. The molecule has 25 heavy (non-hydrogen) atoms. The van der Waals surface area contributed by atoms with Crippen LogP contribution in [0.3, 0.4) is 0 Å². The summed E-state index contributed by atoms with van der Waals surface area (Å²) in [6.45, 7) is 0.162. The number of fused-ring (bicyclic) bond motifs is 1. The van der Waals surface area contributed by atoms with Gasteiger partial charge in [0.2, 0.25) is 15.9 Å². The predicted molar refractivity (Wildman–Crippen MR) is 103 cm³/mol. The first-order chi connectivity index (χ1) is 11.8. The zero-order valence-electron chi connectivity index (χ0n) is 13.4. The van der Waals surface area contributed by atoms with Gasteiger partial charge in [0.05, 0.1) is 4.90 Å². The Balaban J connectivity index is 2.11. The monoisotopic (exact) mass is 486 g/mol. The van der Waals surface area contributed by atoms with Gasteiger partial charge >= 0.3 is 0 Å². The number of nitrogens with zero attached hydrogens (tertiary/aromatic N) is 1. The molecule has 1 amide bonds. The van der Waals surface area contributed by atoms with E-state index in [1.165, 1.54) is 11.4 Å². The number of likely N-dealkylation sites (N-methyl/N-ethyl adjacent to an activating group) is 1. The number of rotatable bonds is 3. The number of amides is 1. The lowest BCUT2D eigenvalue weighted by atomic mass is 9.95. The fourth-order valence-electron chi connectivity index (χ4n) is 2.94.